The van der Waals surface area contributed by atoms with Gasteiger partial charge in [0.15, 0.2) is 0 Å². The van der Waals surface area contributed by atoms with Gasteiger partial charge >= 0.3 is 6.09 Å². The van der Waals surface area contributed by atoms with Crippen molar-refractivity contribution < 1.29 is 9.53 Å². The lowest BCUT2D eigenvalue weighted by molar-refractivity contribution is 0.119. The molecule has 0 heterocycles. The van der Waals surface area contributed by atoms with Gasteiger partial charge in [0.25, 0.3) is 0 Å². The zero-order chi connectivity index (χ0) is 11.1. The summed E-state index contributed by atoms with van der Waals surface area (Å²) in [4.78, 5) is 12.9. The molecule has 0 aliphatic carbocycles. The second-order valence-corrected chi connectivity index (χ2v) is 3.21. The zero-order valence-corrected chi connectivity index (χ0v) is 8.85. The zero-order valence-electron chi connectivity index (χ0n) is 8.85. The van der Waals surface area contributed by atoms with Crippen LogP contribution in [0.3, 0.4) is 0 Å². The highest BCUT2D eigenvalue weighted by Crippen LogP contribution is 2.03. The van der Waals surface area contributed by atoms with Gasteiger partial charge < -0.3 is 9.64 Å². The SMILES string of the molecule is C=CCOC(=O)N(C)Cc1ccccc1. The van der Waals surface area contributed by atoms with Gasteiger partial charge in [-0.1, -0.05) is 43.0 Å². The van der Waals surface area contributed by atoms with Crippen LogP contribution in [0.1, 0.15) is 5.56 Å². The van der Waals surface area contributed by atoms with Crippen LogP contribution in [0.2, 0.25) is 0 Å². The number of amides is 1. The molecule has 0 saturated heterocycles. The molecule has 3 nitrogen and oxygen atoms in total. The van der Waals surface area contributed by atoms with Crippen molar-refractivity contribution in [3.8, 4) is 0 Å². The Morgan fingerprint density at radius 1 is 1.47 bits per heavy atom. The van der Waals surface area contributed by atoms with Crippen LogP contribution in [-0.4, -0.2) is 24.6 Å². The van der Waals surface area contributed by atoms with Crippen molar-refractivity contribution in [2.45, 2.75) is 6.54 Å². The van der Waals surface area contributed by atoms with Crippen molar-refractivity contribution in [3.05, 3.63) is 48.6 Å². The summed E-state index contributed by atoms with van der Waals surface area (Å²) in [6.07, 6.45) is 1.22. The molecule has 0 atom stereocenters. The topological polar surface area (TPSA) is 29.5 Å². The van der Waals surface area contributed by atoms with Gasteiger partial charge in [0.2, 0.25) is 0 Å². The summed E-state index contributed by atoms with van der Waals surface area (Å²) >= 11 is 0. The first-order chi connectivity index (χ1) is 7.24. The first-order valence-corrected chi connectivity index (χ1v) is 4.76. The predicted octanol–water partition coefficient (Wildman–Crippen LogP) is 2.44. The fraction of sp³-hybridized carbons (Fsp3) is 0.250. The van der Waals surface area contributed by atoms with E-state index in [-0.39, 0.29) is 12.7 Å². The normalized spacial score (nSPS) is 9.40. The Morgan fingerprint density at radius 2 is 2.13 bits per heavy atom. The molecule has 15 heavy (non-hydrogen) atoms. The van der Waals surface area contributed by atoms with E-state index in [0.717, 1.165) is 5.56 Å². The van der Waals surface area contributed by atoms with Crippen LogP contribution in [-0.2, 0) is 11.3 Å². The highest BCUT2D eigenvalue weighted by molar-refractivity contribution is 5.67. The molecule has 80 valence electrons. The predicted molar refractivity (Wildman–Crippen MR) is 59.5 cm³/mol. The first kappa shape index (κ1) is 11.3. The number of hydrogen-bond acceptors (Lipinski definition) is 2. The number of nitrogens with zero attached hydrogens (tertiary/aromatic N) is 1. The van der Waals surface area contributed by atoms with Crippen LogP contribution >= 0.6 is 0 Å². The Kier molecular flexibility index (Phi) is 4.41. The van der Waals surface area contributed by atoms with E-state index < -0.39 is 0 Å². The Morgan fingerprint density at radius 3 is 2.73 bits per heavy atom. The van der Waals surface area contributed by atoms with Gasteiger partial charge in [0.05, 0.1) is 0 Å². The van der Waals surface area contributed by atoms with Crippen LogP contribution in [0.25, 0.3) is 0 Å². The van der Waals surface area contributed by atoms with E-state index in [1.54, 1.807) is 13.1 Å². The molecule has 1 rings (SSSR count). The van der Waals surface area contributed by atoms with E-state index in [1.165, 1.54) is 4.90 Å². The number of rotatable bonds is 4. The van der Waals surface area contributed by atoms with Crippen LogP contribution in [0.5, 0.6) is 0 Å². The third-order valence-corrected chi connectivity index (χ3v) is 1.90. The molecular weight excluding hydrogens is 190 g/mol. The molecule has 0 spiro atoms. The maximum Gasteiger partial charge on any atom is 0.410 e. The summed E-state index contributed by atoms with van der Waals surface area (Å²) in [5.74, 6) is 0. The van der Waals surface area contributed by atoms with Crippen molar-refractivity contribution in [1.29, 1.82) is 0 Å². The minimum Gasteiger partial charge on any atom is -0.445 e. The summed E-state index contributed by atoms with van der Waals surface area (Å²) in [6, 6.07) is 9.77. The molecule has 0 fully saturated rings. The monoisotopic (exact) mass is 205 g/mol. The van der Waals surface area contributed by atoms with Crippen molar-refractivity contribution in [1.82, 2.24) is 4.90 Å². The second-order valence-electron chi connectivity index (χ2n) is 3.21. The quantitative estimate of drug-likeness (QED) is 0.706. The fourth-order valence-corrected chi connectivity index (χ4v) is 1.16. The second kappa shape index (κ2) is 5.86. The summed E-state index contributed by atoms with van der Waals surface area (Å²) < 4.78 is 4.89. The molecular formula is C12H15NO2. The van der Waals surface area contributed by atoms with Gasteiger partial charge in [-0.3, -0.25) is 0 Å². The number of ether oxygens (including phenoxy) is 1. The summed E-state index contributed by atoms with van der Waals surface area (Å²) in [5, 5.41) is 0. The Labute approximate surface area is 90.0 Å². The molecule has 0 bridgehead atoms. The first-order valence-electron chi connectivity index (χ1n) is 4.76. The van der Waals surface area contributed by atoms with Gasteiger partial charge in [-0.15, -0.1) is 0 Å². The molecule has 1 aromatic carbocycles. The molecule has 0 radical (unpaired) electrons. The van der Waals surface area contributed by atoms with Crippen LogP contribution < -0.4 is 0 Å². The minimum absolute atomic E-state index is 0.248. The Bertz CT molecular complexity index is 322. The smallest absolute Gasteiger partial charge is 0.410 e. The Balaban J connectivity index is 2.45. The molecule has 0 aliphatic rings. The largest absolute Gasteiger partial charge is 0.445 e. The standard InChI is InChI=1S/C12H15NO2/c1-3-9-15-12(14)13(2)10-11-7-5-4-6-8-11/h3-8H,1,9-10H2,2H3. The number of hydrogen-bond donors (Lipinski definition) is 0. The van der Waals surface area contributed by atoms with Crippen molar-refractivity contribution in [2.24, 2.45) is 0 Å². The molecule has 0 unspecified atom stereocenters. The summed E-state index contributed by atoms with van der Waals surface area (Å²) in [7, 11) is 1.71. The van der Waals surface area contributed by atoms with Gasteiger partial charge in [-0.2, -0.15) is 0 Å². The lowest BCUT2D eigenvalue weighted by Crippen LogP contribution is -2.26. The highest BCUT2D eigenvalue weighted by Gasteiger charge is 2.08. The molecule has 0 saturated carbocycles. The molecule has 3 heteroatoms. The highest BCUT2D eigenvalue weighted by atomic mass is 16.6. The van der Waals surface area contributed by atoms with Gasteiger partial charge in [-0.25, -0.2) is 4.79 Å². The van der Waals surface area contributed by atoms with Crippen LogP contribution in [0, 0.1) is 0 Å². The number of carbonyl (C=O) groups is 1. The third kappa shape index (κ3) is 3.85. The molecule has 0 aliphatic heterocycles. The van der Waals surface area contributed by atoms with Crippen LogP contribution in [0.4, 0.5) is 4.79 Å². The molecule has 0 N–H and O–H groups in total. The van der Waals surface area contributed by atoms with Gasteiger partial charge in [0.1, 0.15) is 6.61 Å². The van der Waals surface area contributed by atoms with Gasteiger partial charge in [0, 0.05) is 13.6 Å². The Hall–Kier alpha value is -1.77. The van der Waals surface area contributed by atoms with E-state index in [9.17, 15) is 4.79 Å². The lowest BCUT2D eigenvalue weighted by atomic mass is 10.2. The van der Waals surface area contributed by atoms with Gasteiger partial charge in [-0.05, 0) is 5.56 Å². The van der Waals surface area contributed by atoms with Crippen molar-refractivity contribution >= 4 is 6.09 Å². The number of benzene rings is 1. The van der Waals surface area contributed by atoms with E-state index in [0.29, 0.717) is 6.54 Å². The fourth-order valence-electron chi connectivity index (χ4n) is 1.16. The maximum absolute atomic E-state index is 11.4. The van der Waals surface area contributed by atoms with E-state index in [1.807, 2.05) is 30.3 Å². The molecule has 1 amide bonds. The third-order valence-electron chi connectivity index (χ3n) is 1.90. The summed E-state index contributed by atoms with van der Waals surface area (Å²) in [6.45, 7) is 4.28. The minimum atomic E-state index is -0.334. The average Bonchev–Trinajstić information content (AvgIpc) is 2.27. The average molecular weight is 205 g/mol. The van der Waals surface area contributed by atoms with Crippen molar-refractivity contribution in [2.75, 3.05) is 13.7 Å². The maximum atomic E-state index is 11.4. The molecule has 0 aromatic heterocycles. The number of carbonyl (C=O) groups excluding carboxylic acids is 1. The van der Waals surface area contributed by atoms with E-state index in [2.05, 4.69) is 6.58 Å². The summed E-state index contributed by atoms with van der Waals surface area (Å²) in [5.41, 5.74) is 1.08. The molecule has 1 aromatic rings. The lowest BCUT2D eigenvalue weighted by Gasteiger charge is -2.16. The van der Waals surface area contributed by atoms with E-state index in [4.69, 9.17) is 4.74 Å². The van der Waals surface area contributed by atoms with E-state index >= 15 is 0 Å². The van der Waals surface area contributed by atoms with Crippen molar-refractivity contribution in [3.63, 3.8) is 0 Å². The van der Waals surface area contributed by atoms with Crippen LogP contribution in [0.15, 0.2) is 43.0 Å².